The monoisotopic (exact) mass is 239 g/mol. The van der Waals surface area contributed by atoms with Crippen molar-refractivity contribution in [3.8, 4) is 0 Å². The molecule has 0 radical (unpaired) electrons. The molecule has 2 heterocycles. The van der Waals surface area contributed by atoms with Crippen LogP contribution in [-0.4, -0.2) is 23.5 Å². The van der Waals surface area contributed by atoms with Crippen LogP contribution in [0.25, 0.3) is 0 Å². The third-order valence-electron chi connectivity index (χ3n) is 2.66. The Morgan fingerprint density at radius 2 is 2.31 bits per heavy atom. The van der Waals surface area contributed by atoms with E-state index in [1.54, 1.807) is 11.8 Å². The third kappa shape index (κ3) is 2.48. The van der Waals surface area contributed by atoms with Gasteiger partial charge in [0.05, 0.1) is 5.92 Å². The van der Waals surface area contributed by atoms with Gasteiger partial charge in [-0.3, -0.25) is 9.79 Å². The Kier molecular flexibility index (Phi) is 3.10. The second-order valence-electron chi connectivity index (χ2n) is 5.16. The molecule has 0 aromatic rings. The van der Waals surface area contributed by atoms with Gasteiger partial charge in [-0.05, 0) is 27.2 Å². The summed E-state index contributed by atoms with van der Waals surface area (Å²) in [6.45, 7) is 5.73. The molecule has 88 valence electrons. The van der Waals surface area contributed by atoms with Crippen molar-refractivity contribution in [2.75, 3.05) is 5.75 Å². The maximum absolute atomic E-state index is 12.0. The van der Waals surface area contributed by atoms with Crippen LogP contribution >= 0.6 is 11.8 Å². The van der Waals surface area contributed by atoms with Crippen molar-refractivity contribution in [2.24, 2.45) is 16.8 Å². The molecule has 4 heteroatoms. The minimum atomic E-state index is -0.392. The fourth-order valence-corrected chi connectivity index (χ4v) is 3.28. The molecule has 0 N–H and O–H groups in total. The number of thioether (sulfide) groups is 1. The van der Waals surface area contributed by atoms with Crippen molar-refractivity contribution in [3.05, 3.63) is 11.1 Å². The van der Waals surface area contributed by atoms with Crippen LogP contribution in [0.2, 0.25) is 0 Å². The zero-order valence-electron chi connectivity index (χ0n) is 9.90. The molecule has 2 aliphatic rings. The lowest BCUT2D eigenvalue weighted by Gasteiger charge is -2.24. The number of carbonyl (C=O) groups is 1. The van der Waals surface area contributed by atoms with Gasteiger partial charge in [0.15, 0.2) is 0 Å². The van der Waals surface area contributed by atoms with Gasteiger partial charge in [0.25, 0.3) is 0 Å². The number of fused-ring (bicyclic) bond motifs is 1. The molecular weight excluding hydrogens is 222 g/mol. The second-order valence-corrected chi connectivity index (χ2v) is 6.25. The van der Waals surface area contributed by atoms with Crippen molar-refractivity contribution in [2.45, 2.75) is 32.8 Å². The van der Waals surface area contributed by atoms with Crippen LogP contribution in [0.1, 0.15) is 27.2 Å². The lowest BCUT2D eigenvalue weighted by atomic mass is 9.90. The molecule has 16 heavy (non-hydrogen) atoms. The number of nitrogens with zero attached hydrogens (tertiary/aromatic N) is 1. The van der Waals surface area contributed by atoms with Crippen LogP contribution in [0.3, 0.4) is 0 Å². The molecule has 0 saturated carbocycles. The average molecular weight is 239 g/mol. The van der Waals surface area contributed by atoms with Crippen LogP contribution in [0, 0.1) is 11.8 Å². The zero-order valence-corrected chi connectivity index (χ0v) is 10.7. The number of esters is 1. The summed E-state index contributed by atoms with van der Waals surface area (Å²) in [4.78, 5) is 17.4. The topological polar surface area (TPSA) is 38.7 Å². The van der Waals surface area contributed by atoms with Gasteiger partial charge in [-0.15, -0.1) is 11.8 Å². The second kappa shape index (κ2) is 4.24. The van der Waals surface area contributed by atoms with Gasteiger partial charge in [0, 0.05) is 29.0 Å². The molecule has 2 unspecified atom stereocenters. The molecule has 0 spiro atoms. The summed E-state index contributed by atoms with van der Waals surface area (Å²) in [7, 11) is 0. The van der Waals surface area contributed by atoms with Crippen LogP contribution in [0.5, 0.6) is 0 Å². The summed E-state index contributed by atoms with van der Waals surface area (Å²) in [6, 6.07) is 0. The highest BCUT2D eigenvalue weighted by Gasteiger charge is 2.39. The van der Waals surface area contributed by atoms with Crippen LogP contribution in [-0.2, 0) is 9.53 Å². The van der Waals surface area contributed by atoms with Gasteiger partial charge in [-0.1, -0.05) is 0 Å². The molecule has 1 saturated heterocycles. The average Bonchev–Trinajstić information content (AvgIpc) is 2.58. The summed E-state index contributed by atoms with van der Waals surface area (Å²) in [6.07, 6.45) is 4.63. The molecule has 0 aromatic heterocycles. The van der Waals surface area contributed by atoms with Crippen LogP contribution in [0.4, 0.5) is 0 Å². The van der Waals surface area contributed by atoms with Crippen molar-refractivity contribution in [1.82, 2.24) is 0 Å². The standard InChI is InChI=1S/C12H17NO2S/c1-12(2,3)15-11(14)9-7-16-10-6-13-5-4-8(9)10/h5-6,8-9H,4,7H2,1-3H3. The van der Waals surface area contributed by atoms with Gasteiger partial charge in [-0.25, -0.2) is 0 Å². The van der Waals surface area contributed by atoms with Crippen molar-refractivity contribution >= 4 is 23.9 Å². The van der Waals surface area contributed by atoms with E-state index in [2.05, 4.69) is 4.99 Å². The summed E-state index contributed by atoms with van der Waals surface area (Å²) in [5.74, 6) is 1.07. The van der Waals surface area contributed by atoms with Crippen LogP contribution < -0.4 is 0 Å². The van der Waals surface area contributed by atoms with Crippen molar-refractivity contribution in [1.29, 1.82) is 0 Å². The first kappa shape index (κ1) is 11.7. The number of ether oxygens (including phenoxy) is 1. The Morgan fingerprint density at radius 3 is 3.00 bits per heavy atom. The van der Waals surface area contributed by atoms with E-state index in [9.17, 15) is 4.79 Å². The largest absolute Gasteiger partial charge is 0.460 e. The molecule has 0 aliphatic carbocycles. The maximum atomic E-state index is 12.0. The first-order valence-electron chi connectivity index (χ1n) is 5.55. The number of hydrogen-bond donors (Lipinski definition) is 0. The van der Waals surface area contributed by atoms with Crippen LogP contribution in [0.15, 0.2) is 16.1 Å². The number of rotatable bonds is 1. The molecule has 2 atom stereocenters. The number of allylic oxidation sites excluding steroid dienone is 1. The highest BCUT2D eigenvalue weighted by atomic mass is 32.2. The zero-order chi connectivity index (χ0) is 11.8. The van der Waals surface area contributed by atoms with Crippen molar-refractivity contribution < 1.29 is 9.53 Å². The Bertz CT molecular complexity index is 355. The highest BCUT2D eigenvalue weighted by molar-refractivity contribution is 8.03. The summed E-state index contributed by atoms with van der Waals surface area (Å²) < 4.78 is 5.45. The van der Waals surface area contributed by atoms with Crippen molar-refractivity contribution in [3.63, 3.8) is 0 Å². The van der Waals surface area contributed by atoms with Gasteiger partial charge < -0.3 is 4.74 Å². The van der Waals surface area contributed by atoms with Gasteiger partial charge in [0.2, 0.25) is 0 Å². The quantitative estimate of drug-likeness (QED) is 0.660. The maximum Gasteiger partial charge on any atom is 0.310 e. The third-order valence-corrected chi connectivity index (χ3v) is 3.92. The Hall–Kier alpha value is -0.770. The first-order valence-corrected chi connectivity index (χ1v) is 6.53. The molecule has 0 bridgehead atoms. The Balaban J connectivity index is 2.04. The SMILES string of the molecule is CC(C)(C)OC(=O)C1CSC2=CN=CCC21. The number of carbonyl (C=O) groups excluding carboxylic acids is 1. The van der Waals surface area contributed by atoms with Gasteiger partial charge in [0.1, 0.15) is 5.60 Å². The molecule has 0 amide bonds. The van der Waals surface area contributed by atoms with E-state index in [1.165, 1.54) is 4.91 Å². The summed E-state index contributed by atoms with van der Waals surface area (Å²) in [5, 5.41) is 0. The normalized spacial score (nSPS) is 28.6. The van der Waals surface area contributed by atoms with Gasteiger partial charge >= 0.3 is 5.97 Å². The fourth-order valence-electron chi connectivity index (χ4n) is 1.93. The van der Waals surface area contributed by atoms with E-state index in [0.717, 1.165) is 12.2 Å². The lowest BCUT2D eigenvalue weighted by Crippen LogP contribution is -2.32. The Labute approximate surface area is 100 Å². The highest BCUT2D eigenvalue weighted by Crippen LogP contribution is 2.44. The number of aliphatic imine (C=N–C) groups is 1. The smallest absolute Gasteiger partial charge is 0.310 e. The number of hydrogen-bond acceptors (Lipinski definition) is 4. The van der Waals surface area contributed by atoms with E-state index < -0.39 is 5.60 Å². The van der Waals surface area contributed by atoms with E-state index in [1.807, 2.05) is 33.2 Å². The van der Waals surface area contributed by atoms with E-state index in [4.69, 9.17) is 4.74 Å². The molecule has 1 fully saturated rings. The lowest BCUT2D eigenvalue weighted by molar-refractivity contribution is -0.160. The summed E-state index contributed by atoms with van der Waals surface area (Å²) >= 11 is 1.74. The predicted molar refractivity (Wildman–Crippen MR) is 66.5 cm³/mol. The molecule has 2 aliphatic heterocycles. The molecular formula is C12H17NO2S. The minimum Gasteiger partial charge on any atom is -0.460 e. The minimum absolute atomic E-state index is 0.00206. The molecule has 2 rings (SSSR count). The van der Waals surface area contributed by atoms with E-state index in [0.29, 0.717) is 5.92 Å². The molecule has 0 aromatic carbocycles. The molecule has 3 nitrogen and oxygen atoms in total. The predicted octanol–water partition coefficient (Wildman–Crippen LogP) is 2.62. The first-order chi connectivity index (χ1) is 7.47. The van der Waals surface area contributed by atoms with E-state index >= 15 is 0 Å². The summed E-state index contributed by atoms with van der Waals surface area (Å²) in [5.41, 5.74) is -0.392. The Morgan fingerprint density at radius 1 is 1.56 bits per heavy atom. The van der Waals surface area contributed by atoms with E-state index in [-0.39, 0.29) is 11.9 Å². The fraction of sp³-hybridized carbons (Fsp3) is 0.667. The van der Waals surface area contributed by atoms with Gasteiger partial charge in [-0.2, -0.15) is 0 Å².